The number of rotatable bonds is 4. The number of hydrogen-bond donors (Lipinski definition) is 1. The summed E-state index contributed by atoms with van der Waals surface area (Å²) in [6, 6.07) is 10.8. The van der Waals surface area contributed by atoms with E-state index in [1.807, 2.05) is 6.07 Å². The summed E-state index contributed by atoms with van der Waals surface area (Å²) in [6.45, 7) is 2.43. The first-order chi connectivity index (χ1) is 15.2. The van der Waals surface area contributed by atoms with E-state index < -0.39 is 29.2 Å². The van der Waals surface area contributed by atoms with Crippen molar-refractivity contribution < 1.29 is 31.1 Å². The van der Waals surface area contributed by atoms with Gasteiger partial charge in [-0.2, -0.15) is 18.4 Å². The summed E-state index contributed by atoms with van der Waals surface area (Å²) in [7, 11) is 0. The molecule has 0 spiro atoms. The predicted octanol–water partition coefficient (Wildman–Crippen LogP) is 6.36. The summed E-state index contributed by atoms with van der Waals surface area (Å²) in [5.41, 5.74) is -5.24. The highest BCUT2D eigenvalue weighted by atomic mass is 19.4. The van der Waals surface area contributed by atoms with Gasteiger partial charge in [0.2, 0.25) is 0 Å². The van der Waals surface area contributed by atoms with E-state index in [2.05, 4.69) is 10.3 Å². The van der Waals surface area contributed by atoms with E-state index in [0.717, 1.165) is 0 Å². The third kappa shape index (κ3) is 4.23. The molecule has 33 heavy (non-hydrogen) atoms. The number of aryl methyl sites for hydroxylation is 2. The zero-order valence-electron chi connectivity index (χ0n) is 17.6. The fourth-order valence-corrected chi connectivity index (χ4v) is 3.54. The van der Waals surface area contributed by atoms with Gasteiger partial charge in [-0.1, -0.05) is 12.1 Å². The monoisotopic (exact) mass is 465 g/mol. The van der Waals surface area contributed by atoms with Crippen molar-refractivity contribution in [1.29, 1.82) is 5.26 Å². The van der Waals surface area contributed by atoms with Crippen LogP contribution in [-0.4, -0.2) is 23.0 Å². The van der Waals surface area contributed by atoms with Crippen LogP contribution in [-0.2, 0) is 5.67 Å². The molecule has 3 aromatic rings. The summed E-state index contributed by atoms with van der Waals surface area (Å²) in [6.07, 6.45) is -5.86. The Balaban J connectivity index is 1.98. The zero-order valence-corrected chi connectivity index (χ0v) is 17.6. The SMILES string of the molecule is Cc1cc(C(F)(C(C)(F)F)C(F)(F)F)cc(C)c1NC(=O)c1ccc2nc(C#N)ccc2c1. The molecule has 10 heteroatoms. The van der Waals surface area contributed by atoms with Crippen LogP contribution in [0.5, 0.6) is 0 Å². The van der Waals surface area contributed by atoms with E-state index in [0.29, 0.717) is 23.0 Å². The van der Waals surface area contributed by atoms with Gasteiger partial charge in [-0.05, 0) is 55.3 Å². The van der Waals surface area contributed by atoms with Gasteiger partial charge in [0, 0.05) is 29.1 Å². The lowest BCUT2D eigenvalue weighted by atomic mass is 9.86. The third-order valence-electron chi connectivity index (χ3n) is 5.23. The number of fused-ring (bicyclic) bond motifs is 1. The molecule has 1 unspecified atom stereocenters. The number of anilines is 1. The van der Waals surface area contributed by atoms with Crippen molar-refractivity contribution >= 4 is 22.5 Å². The van der Waals surface area contributed by atoms with Crippen molar-refractivity contribution in [2.45, 2.75) is 38.5 Å². The molecule has 0 saturated carbocycles. The van der Waals surface area contributed by atoms with Crippen LogP contribution < -0.4 is 5.32 Å². The second-order valence-corrected chi connectivity index (χ2v) is 7.70. The van der Waals surface area contributed by atoms with Crippen LogP contribution in [0, 0.1) is 25.2 Å². The maximum absolute atomic E-state index is 14.8. The lowest BCUT2D eigenvalue weighted by Gasteiger charge is -2.34. The first kappa shape index (κ1) is 24.0. The van der Waals surface area contributed by atoms with Crippen molar-refractivity contribution in [2.75, 3.05) is 5.32 Å². The Labute approximate surface area is 184 Å². The van der Waals surface area contributed by atoms with E-state index in [-0.39, 0.29) is 35.0 Å². The highest BCUT2D eigenvalue weighted by molar-refractivity contribution is 6.07. The van der Waals surface area contributed by atoms with Gasteiger partial charge in [-0.3, -0.25) is 4.79 Å². The van der Waals surface area contributed by atoms with Gasteiger partial charge in [-0.25, -0.2) is 18.2 Å². The number of amides is 1. The first-order valence-electron chi connectivity index (χ1n) is 9.56. The Morgan fingerprint density at radius 1 is 0.970 bits per heavy atom. The first-order valence-corrected chi connectivity index (χ1v) is 9.56. The molecule has 0 fully saturated rings. The zero-order chi connectivity index (χ0) is 24.8. The van der Waals surface area contributed by atoms with E-state index in [1.165, 1.54) is 38.1 Å². The molecule has 0 aliphatic heterocycles. The second kappa shape index (κ2) is 8.06. The highest BCUT2D eigenvalue weighted by Crippen LogP contribution is 2.53. The number of aromatic nitrogens is 1. The van der Waals surface area contributed by atoms with Gasteiger partial charge in [0.15, 0.2) is 0 Å². The topological polar surface area (TPSA) is 65.8 Å². The molecular weight excluding hydrogens is 448 g/mol. The van der Waals surface area contributed by atoms with Crippen LogP contribution in [0.1, 0.15) is 39.7 Å². The molecule has 0 aliphatic rings. The van der Waals surface area contributed by atoms with Gasteiger partial charge in [0.25, 0.3) is 17.5 Å². The van der Waals surface area contributed by atoms with Crippen molar-refractivity contribution in [3.05, 3.63) is 70.4 Å². The molecule has 4 nitrogen and oxygen atoms in total. The largest absolute Gasteiger partial charge is 0.432 e. The number of carbonyl (C=O) groups is 1. The van der Waals surface area contributed by atoms with Gasteiger partial charge in [0.1, 0.15) is 11.8 Å². The molecule has 1 atom stereocenters. The molecule has 1 N–H and O–H groups in total. The van der Waals surface area contributed by atoms with E-state index in [9.17, 15) is 31.1 Å². The number of pyridine rings is 1. The summed E-state index contributed by atoms with van der Waals surface area (Å²) >= 11 is 0. The lowest BCUT2D eigenvalue weighted by Crippen LogP contribution is -2.51. The molecule has 3 rings (SSSR count). The maximum Gasteiger partial charge on any atom is 0.432 e. The maximum atomic E-state index is 14.8. The van der Waals surface area contributed by atoms with Crippen LogP contribution in [0.15, 0.2) is 42.5 Å². The van der Waals surface area contributed by atoms with Crippen LogP contribution in [0.3, 0.4) is 0 Å². The molecular formula is C23H17F6N3O. The van der Waals surface area contributed by atoms with Crippen LogP contribution in [0.4, 0.5) is 32.0 Å². The average Bonchev–Trinajstić information content (AvgIpc) is 2.72. The Bertz CT molecular complexity index is 1250. The standard InChI is InChI=1S/C23H17F6N3O/c1-12-8-16(22(26,21(3,24)25)23(27,28)29)9-13(2)19(12)32-20(33)15-5-7-18-14(10-15)4-6-17(11-30)31-18/h4-10H,1-3H3,(H,32,33). The average molecular weight is 465 g/mol. The van der Waals surface area contributed by atoms with Crippen molar-refractivity contribution in [3.63, 3.8) is 0 Å². The number of halogens is 6. The molecule has 1 heterocycles. The Kier molecular flexibility index (Phi) is 5.88. The number of hydrogen-bond acceptors (Lipinski definition) is 3. The Hall–Kier alpha value is -3.61. The summed E-state index contributed by atoms with van der Waals surface area (Å²) < 4.78 is 82.2. The summed E-state index contributed by atoms with van der Waals surface area (Å²) in [5.74, 6) is -5.36. The minimum atomic E-state index is -5.86. The minimum Gasteiger partial charge on any atom is -0.322 e. The van der Waals surface area contributed by atoms with Gasteiger partial charge < -0.3 is 5.32 Å². The fraction of sp³-hybridized carbons (Fsp3) is 0.261. The third-order valence-corrected chi connectivity index (χ3v) is 5.23. The number of carbonyl (C=O) groups excluding carboxylic acids is 1. The molecule has 172 valence electrons. The number of nitriles is 1. The second-order valence-electron chi connectivity index (χ2n) is 7.70. The molecule has 0 saturated heterocycles. The quantitative estimate of drug-likeness (QED) is 0.456. The van der Waals surface area contributed by atoms with Crippen LogP contribution >= 0.6 is 0 Å². The van der Waals surface area contributed by atoms with Crippen molar-refractivity contribution in [2.24, 2.45) is 0 Å². The number of nitrogens with zero attached hydrogens (tertiary/aromatic N) is 2. The van der Waals surface area contributed by atoms with E-state index in [4.69, 9.17) is 5.26 Å². The lowest BCUT2D eigenvalue weighted by molar-refractivity contribution is -0.304. The number of nitrogens with one attached hydrogen (secondary N) is 1. The Morgan fingerprint density at radius 2 is 1.58 bits per heavy atom. The van der Waals surface area contributed by atoms with Crippen molar-refractivity contribution in [1.82, 2.24) is 4.98 Å². The van der Waals surface area contributed by atoms with Gasteiger partial charge in [-0.15, -0.1) is 0 Å². The highest BCUT2D eigenvalue weighted by Gasteiger charge is 2.70. The smallest absolute Gasteiger partial charge is 0.322 e. The summed E-state index contributed by atoms with van der Waals surface area (Å²) in [4.78, 5) is 16.8. The molecule has 1 amide bonds. The Morgan fingerprint density at radius 3 is 2.09 bits per heavy atom. The number of benzene rings is 2. The molecule has 0 bridgehead atoms. The molecule has 2 aromatic carbocycles. The van der Waals surface area contributed by atoms with E-state index in [1.54, 1.807) is 6.07 Å². The predicted molar refractivity (Wildman–Crippen MR) is 110 cm³/mol. The van der Waals surface area contributed by atoms with Gasteiger partial charge >= 0.3 is 6.18 Å². The normalized spacial score (nSPS) is 13.9. The van der Waals surface area contributed by atoms with Crippen LogP contribution in [0.2, 0.25) is 0 Å². The van der Waals surface area contributed by atoms with Crippen molar-refractivity contribution in [3.8, 4) is 6.07 Å². The molecule has 1 aromatic heterocycles. The fourth-order valence-electron chi connectivity index (χ4n) is 3.54. The minimum absolute atomic E-state index is 0.0185. The van der Waals surface area contributed by atoms with Gasteiger partial charge in [0.05, 0.1) is 5.52 Å². The number of alkyl halides is 6. The molecule has 0 aliphatic carbocycles. The summed E-state index contributed by atoms with van der Waals surface area (Å²) in [5, 5.41) is 12.0. The van der Waals surface area contributed by atoms with Crippen LogP contribution in [0.25, 0.3) is 10.9 Å². The molecule has 0 radical (unpaired) electrons. The van der Waals surface area contributed by atoms with E-state index >= 15 is 0 Å².